The van der Waals surface area contributed by atoms with Crippen molar-refractivity contribution in [2.75, 3.05) is 39.4 Å². The molecule has 8 heteroatoms. The van der Waals surface area contributed by atoms with Crippen molar-refractivity contribution in [3.05, 3.63) is 23.7 Å². The van der Waals surface area contributed by atoms with Crippen molar-refractivity contribution in [3.8, 4) is 0 Å². The molecule has 1 aliphatic carbocycles. The van der Waals surface area contributed by atoms with Gasteiger partial charge in [-0.05, 0) is 31.9 Å². The van der Waals surface area contributed by atoms with Crippen LogP contribution in [0.1, 0.15) is 55.3 Å². The number of morpholine rings is 1. The average molecular weight is 392 g/mol. The second-order valence-electron chi connectivity index (χ2n) is 7.56. The number of hydrogen-bond donors (Lipinski definition) is 3. The van der Waals surface area contributed by atoms with Gasteiger partial charge in [-0.25, -0.2) is 4.99 Å². The number of guanidine groups is 1. The van der Waals surface area contributed by atoms with E-state index in [0.717, 1.165) is 45.4 Å². The van der Waals surface area contributed by atoms with E-state index in [4.69, 9.17) is 14.9 Å². The molecule has 3 rings (SSSR count). The smallest absolute Gasteiger partial charge is 0.284 e. The van der Waals surface area contributed by atoms with Crippen molar-refractivity contribution in [1.29, 1.82) is 0 Å². The minimum absolute atomic E-state index is 0.164. The highest BCUT2D eigenvalue weighted by Crippen LogP contribution is 2.33. The summed E-state index contributed by atoms with van der Waals surface area (Å²) in [6.07, 6.45) is 6.28. The van der Waals surface area contributed by atoms with Crippen molar-refractivity contribution in [2.45, 2.75) is 51.1 Å². The van der Waals surface area contributed by atoms with E-state index in [-0.39, 0.29) is 11.3 Å². The van der Waals surface area contributed by atoms with Gasteiger partial charge in [-0.1, -0.05) is 19.3 Å². The summed E-state index contributed by atoms with van der Waals surface area (Å²) in [5, 5.41) is 6.86. The average Bonchev–Trinajstić information content (AvgIpc) is 3.21. The molecule has 2 aliphatic rings. The van der Waals surface area contributed by atoms with E-state index < -0.39 is 5.91 Å². The van der Waals surface area contributed by atoms with E-state index in [0.29, 0.717) is 12.3 Å². The lowest BCUT2D eigenvalue weighted by molar-refractivity contribution is -0.0352. The predicted octanol–water partition coefficient (Wildman–Crippen LogP) is 1.47. The maximum absolute atomic E-state index is 11.2. The van der Waals surface area contributed by atoms with Crippen molar-refractivity contribution in [1.82, 2.24) is 15.5 Å². The molecular formula is C20H33N5O3. The molecule has 0 atom stereocenters. The van der Waals surface area contributed by atoms with Crippen LogP contribution in [-0.4, -0.2) is 61.7 Å². The van der Waals surface area contributed by atoms with Crippen LogP contribution in [0.15, 0.2) is 21.5 Å². The number of nitrogens with zero attached hydrogens (tertiary/aromatic N) is 2. The van der Waals surface area contributed by atoms with Crippen LogP contribution in [0.5, 0.6) is 0 Å². The van der Waals surface area contributed by atoms with Gasteiger partial charge in [-0.15, -0.1) is 0 Å². The summed E-state index contributed by atoms with van der Waals surface area (Å²) < 4.78 is 11.0. The highest BCUT2D eigenvalue weighted by atomic mass is 16.5. The Morgan fingerprint density at radius 2 is 1.96 bits per heavy atom. The third-order valence-corrected chi connectivity index (χ3v) is 5.69. The number of hydrogen-bond acceptors (Lipinski definition) is 5. The zero-order valence-electron chi connectivity index (χ0n) is 16.8. The monoisotopic (exact) mass is 391 g/mol. The van der Waals surface area contributed by atoms with E-state index in [1.165, 1.54) is 32.1 Å². The van der Waals surface area contributed by atoms with Crippen LogP contribution < -0.4 is 16.4 Å². The fraction of sp³-hybridized carbons (Fsp3) is 0.700. The molecule has 1 saturated carbocycles. The second-order valence-corrected chi connectivity index (χ2v) is 7.56. The lowest BCUT2D eigenvalue weighted by atomic mass is 9.80. The maximum Gasteiger partial charge on any atom is 0.284 e. The topological polar surface area (TPSA) is 105 Å². The first-order valence-corrected chi connectivity index (χ1v) is 10.4. The summed E-state index contributed by atoms with van der Waals surface area (Å²) in [5.41, 5.74) is 5.41. The predicted molar refractivity (Wildman–Crippen MR) is 108 cm³/mol. The second kappa shape index (κ2) is 9.93. The maximum atomic E-state index is 11.2. The molecule has 0 radical (unpaired) electrons. The summed E-state index contributed by atoms with van der Waals surface area (Å²) >= 11 is 0. The van der Waals surface area contributed by atoms with E-state index in [9.17, 15) is 4.79 Å². The molecule has 156 valence electrons. The van der Waals surface area contributed by atoms with Crippen molar-refractivity contribution in [2.24, 2.45) is 10.7 Å². The Bertz CT molecular complexity index is 661. The Kier molecular flexibility index (Phi) is 7.33. The van der Waals surface area contributed by atoms with Gasteiger partial charge < -0.3 is 25.5 Å². The van der Waals surface area contributed by atoms with Gasteiger partial charge in [0.2, 0.25) is 0 Å². The number of amides is 1. The van der Waals surface area contributed by atoms with Gasteiger partial charge in [0.25, 0.3) is 5.91 Å². The van der Waals surface area contributed by atoms with Crippen molar-refractivity contribution >= 4 is 11.9 Å². The number of furan rings is 1. The highest BCUT2D eigenvalue weighted by Gasteiger charge is 2.38. The number of rotatable bonds is 7. The normalized spacial score (nSPS) is 20.7. The summed E-state index contributed by atoms with van der Waals surface area (Å²) in [5.74, 6) is 0.978. The lowest BCUT2D eigenvalue weighted by Crippen LogP contribution is -2.60. The molecule has 1 saturated heterocycles. The van der Waals surface area contributed by atoms with Gasteiger partial charge in [-0.3, -0.25) is 9.69 Å². The van der Waals surface area contributed by atoms with Crippen LogP contribution in [0.2, 0.25) is 0 Å². The van der Waals surface area contributed by atoms with Crippen LogP contribution in [0.3, 0.4) is 0 Å². The first-order valence-electron chi connectivity index (χ1n) is 10.4. The molecule has 4 N–H and O–H groups in total. The number of nitrogens with two attached hydrogens (primary N) is 1. The van der Waals surface area contributed by atoms with Gasteiger partial charge in [-0.2, -0.15) is 0 Å². The fourth-order valence-electron chi connectivity index (χ4n) is 4.19. The zero-order chi connectivity index (χ0) is 19.8. The van der Waals surface area contributed by atoms with Crippen LogP contribution in [0.4, 0.5) is 0 Å². The molecule has 8 nitrogen and oxygen atoms in total. The van der Waals surface area contributed by atoms with Gasteiger partial charge in [0.05, 0.1) is 13.2 Å². The van der Waals surface area contributed by atoms with Crippen molar-refractivity contribution < 1.29 is 13.9 Å². The Morgan fingerprint density at radius 3 is 2.61 bits per heavy atom. The minimum atomic E-state index is -0.565. The number of carbonyl (C=O) groups is 1. The Morgan fingerprint density at radius 1 is 1.21 bits per heavy atom. The molecule has 0 spiro atoms. The van der Waals surface area contributed by atoms with Gasteiger partial charge in [0.15, 0.2) is 11.7 Å². The van der Waals surface area contributed by atoms with Gasteiger partial charge >= 0.3 is 0 Å². The lowest BCUT2D eigenvalue weighted by Gasteiger charge is -2.48. The van der Waals surface area contributed by atoms with Crippen LogP contribution >= 0.6 is 0 Å². The quantitative estimate of drug-likeness (QED) is 0.480. The zero-order valence-corrected chi connectivity index (χ0v) is 16.8. The number of nitrogens with one attached hydrogen (secondary N) is 2. The van der Waals surface area contributed by atoms with E-state index in [1.807, 2.05) is 6.92 Å². The molecule has 2 heterocycles. The SMILES string of the molecule is CCNC(=NCc1ccc(C(N)=O)o1)NCC1(N2CCOCC2)CCCCC1. The number of ether oxygens (including phenoxy) is 1. The standard InChI is InChI=1S/C20H33N5O3/c1-2-22-19(23-14-16-6-7-17(28-16)18(21)26)24-15-20(8-4-3-5-9-20)25-10-12-27-13-11-25/h6-7H,2-5,8-15H2,1H3,(H2,21,26)(H2,22,23,24). The molecule has 1 amide bonds. The first kappa shape index (κ1) is 20.7. The number of carbonyl (C=O) groups excluding carboxylic acids is 1. The van der Waals surface area contributed by atoms with Gasteiger partial charge in [0, 0.05) is 31.7 Å². The van der Waals surface area contributed by atoms with Crippen LogP contribution in [-0.2, 0) is 11.3 Å². The molecule has 0 bridgehead atoms. The largest absolute Gasteiger partial charge is 0.454 e. The van der Waals surface area contributed by atoms with E-state index in [2.05, 4.69) is 20.5 Å². The Labute approximate surface area is 166 Å². The summed E-state index contributed by atoms with van der Waals surface area (Å²) in [4.78, 5) is 18.4. The highest BCUT2D eigenvalue weighted by molar-refractivity contribution is 5.89. The van der Waals surface area contributed by atoms with E-state index >= 15 is 0 Å². The Balaban J connectivity index is 1.64. The molecule has 0 unspecified atom stereocenters. The Hall–Kier alpha value is -2.06. The summed E-state index contributed by atoms with van der Waals surface area (Å²) in [7, 11) is 0. The minimum Gasteiger partial charge on any atom is -0.454 e. The van der Waals surface area contributed by atoms with Gasteiger partial charge in [0.1, 0.15) is 12.3 Å². The van der Waals surface area contributed by atoms with E-state index in [1.54, 1.807) is 12.1 Å². The molecule has 28 heavy (non-hydrogen) atoms. The molecule has 0 aromatic carbocycles. The molecule has 2 fully saturated rings. The molecule has 1 aliphatic heterocycles. The molecule has 1 aromatic heterocycles. The van der Waals surface area contributed by atoms with Crippen LogP contribution in [0, 0.1) is 0 Å². The third kappa shape index (κ3) is 5.26. The molecule has 1 aromatic rings. The third-order valence-electron chi connectivity index (χ3n) is 5.69. The summed E-state index contributed by atoms with van der Waals surface area (Å²) in [6, 6.07) is 3.33. The number of aliphatic imine (C=N–C) groups is 1. The van der Waals surface area contributed by atoms with Crippen molar-refractivity contribution in [3.63, 3.8) is 0 Å². The fourth-order valence-corrected chi connectivity index (χ4v) is 4.19. The molecular weight excluding hydrogens is 358 g/mol. The van der Waals surface area contributed by atoms with Crippen LogP contribution in [0.25, 0.3) is 0 Å². The first-order chi connectivity index (χ1) is 13.6. The number of primary amides is 1. The summed E-state index contributed by atoms with van der Waals surface area (Å²) in [6.45, 7) is 7.67.